The molecule has 0 unspecified atom stereocenters. The molecule has 1 heterocycles. The van der Waals surface area contributed by atoms with Gasteiger partial charge in [0, 0.05) is 45.8 Å². The number of rotatable bonds is 10. The van der Waals surface area contributed by atoms with Gasteiger partial charge < -0.3 is 19.7 Å². The summed E-state index contributed by atoms with van der Waals surface area (Å²) in [6.45, 7) is 3.21. The summed E-state index contributed by atoms with van der Waals surface area (Å²) < 4.78 is 10.8. The van der Waals surface area contributed by atoms with Crippen LogP contribution in [0, 0.1) is 5.92 Å². The fourth-order valence-corrected chi connectivity index (χ4v) is 4.86. The Hall–Kier alpha value is -1.96. The van der Waals surface area contributed by atoms with E-state index in [1.165, 1.54) is 12.0 Å². The fraction of sp³-hybridized carbons (Fsp3) is 0.680. The van der Waals surface area contributed by atoms with Gasteiger partial charge in [0.05, 0.1) is 13.1 Å². The molecule has 0 aromatic heterocycles. The van der Waals surface area contributed by atoms with E-state index in [9.17, 15) is 9.59 Å². The molecule has 178 valence electrons. The van der Waals surface area contributed by atoms with Crippen LogP contribution in [0.3, 0.4) is 0 Å². The van der Waals surface area contributed by atoms with Gasteiger partial charge in [-0.15, -0.1) is 0 Å². The minimum absolute atomic E-state index is 0.0192. The van der Waals surface area contributed by atoms with Crippen molar-refractivity contribution in [2.45, 2.75) is 63.8 Å². The molecule has 7 heteroatoms. The highest BCUT2D eigenvalue weighted by Crippen LogP contribution is 2.24. The number of benzene rings is 1. The second kappa shape index (κ2) is 12.9. The van der Waals surface area contributed by atoms with Crippen LogP contribution in [0.4, 0.5) is 0 Å². The molecule has 32 heavy (non-hydrogen) atoms. The van der Waals surface area contributed by atoms with Gasteiger partial charge in [-0.2, -0.15) is 0 Å². The number of amides is 2. The predicted octanol–water partition coefficient (Wildman–Crippen LogP) is 2.79. The van der Waals surface area contributed by atoms with Gasteiger partial charge in [-0.25, -0.2) is 0 Å². The van der Waals surface area contributed by atoms with Crippen molar-refractivity contribution < 1.29 is 19.1 Å². The maximum Gasteiger partial charge on any atom is 0.242 e. The molecule has 1 saturated heterocycles. The van der Waals surface area contributed by atoms with Crippen molar-refractivity contribution in [3.63, 3.8) is 0 Å². The van der Waals surface area contributed by atoms with Crippen LogP contribution in [-0.2, 0) is 25.6 Å². The number of nitrogens with zero attached hydrogens (tertiary/aromatic N) is 2. The van der Waals surface area contributed by atoms with Crippen molar-refractivity contribution in [2.24, 2.45) is 5.92 Å². The van der Waals surface area contributed by atoms with Crippen LogP contribution in [-0.4, -0.2) is 74.3 Å². The van der Waals surface area contributed by atoms with Crippen molar-refractivity contribution in [3.8, 4) is 0 Å². The quantitative estimate of drug-likeness (QED) is 0.561. The summed E-state index contributed by atoms with van der Waals surface area (Å²) >= 11 is 0. The van der Waals surface area contributed by atoms with E-state index in [0.29, 0.717) is 6.54 Å². The summed E-state index contributed by atoms with van der Waals surface area (Å²) in [6, 6.07) is 10.6. The molecule has 0 atom stereocenters. The van der Waals surface area contributed by atoms with Crippen molar-refractivity contribution in [1.82, 2.24) is 15.1 Å². The lowest BCUT2D eigenvalue weighted by Crippen LogP contribution is -2.53. The summed E-state index contributed by atoms with van der Waals surface area (Å²) in [6.07, 6.45) is 6.58. The van der Waals surface area contributed by atoms with E-state index in [4.69, 9.17) is 9.47 Å². The topological polar surface area (TPSA) is 71.1 Å². The molecule has 1 N–H and O–H groups in total. The molecule has 0 radical (unpaired) electrons. The van der Waals surface area contributed by atoms with E-state index >= 15 is 0 Å². The van der Waals surface area contributed by atoms with Crippen LogP contribution in [0.1, 0.15) is 50.5 Å². The minimum atomic E-state index is -0.477. The molecule has 7 nitrogen and oxygen atoms in total. The number of carbonyl (C=O) groups excluding carboxylic acids is 2. The van der Waals surface area contributed by atoms with E-state index in [2.05, 4.69) is 34.5 Å². The smallest absolute Gasteiger partial charge is 0.242 e. The summed E-state index contributed by atoms with van der Waals surface area (Å²) in [5.41, 5.74) is 1.31. The highest BCUT2D eigenvalue weighted by molar-refractivity contribution is 5.86. The standard InChI is InChI=1S/C25H39N3O4/c1-31-24(32-2)19-28(23(29)17-26-25(30)21-11-7-4-8-12-21)22-13-15-27(16-14-22)18-20-9-5-3-6-10-20/h3,5-6,9-10,21-22,24H,4,7-8,11-19H2,1-2H3,(H,26,30). The molecule has 1 aliphatic carbocycles. The Morgan fingerprint density at radius 2 is 1.69 bits per heavy atom. The summed E-state index contributed by atoms with van der Waals surface area (Å²) in [5, 5.41) is 2.90. The molecule has 0 bridgehead atoms. The summed E-state index contributed by atoms with van der Waals surface area (Å²) in [7, 11) is 3.17. The number of carbonyl (C=O) groups is 2. The molecule has 3 rings (SSSR count). The van der Waals surface area contributed by atoms with E-state index < -0.39 is 6.29 Å². The van der Waals surface area contributed by atoms with Gasteiger partial charge in [-0.3, -0.25) is 14.5 Å². The zero-order chi connectivity index (χ0) is 22.8. The highest BCUT2D eigenvalue weighted by Gasteiger charge is 2.30. The summed E-state index contributed by atoms with van der Waals surface area (Å²) in [4.78, 5) is 30.0. The first-order valence-corrected chi connectivity index (χ1v) is 12.0. The normalized spacial score (nSPS) is 18.6. The molecule has 1 aromatic rings. The summed E-state index contributed by atoms with van der Waals surface area (Å²) in [5.74, 6) is 0.0115. The molecule has 1 saturated carbocycles. The molecular weight excluding hydrogens is 406 g/mol. The minimum Gasteiger partial charge on any atom is -0.354 e. The van der Waals surface area contributed by atoms with Gasteiger partial charge in [-0.1, -0.05) is 49.6 Å². The second-order valence-electron chi connectivity index (χ2n) is 8.99. The first-order valence-electron chi connectivity index (χ1n) is 12.0. The second-order valence-corrected chi connectivity index (χ2v) is 8.99. The van der Waals surface area contributed by atoms with Crippen LogP contribution >= 0.6 is 0 Å². The van der Waals surface area contributed by atoms with E-state index in [-0.39, 0.29) is 30.3 Å². The van der Waals surface area contributed by atoms with Crippen LogP contribution < -0.4 is 5.32 Å². The first-order chi connectivity index (χ1) is 15.6. The van der Waals surface area contributed by atoms with Crippen LogP contribution in [0.2, 0.25) is 0 Å². The van der Waals surface area contributed by atoms with Gasteiger partial charge in [-0.05, 0) is 31.2 Å². The Balaban J connectivity index is 1.54. The first kappa shape index (κ1) is 24.7. The molecule has 2 amide bonds. The average molecular weight is 446 g/mol. The van der Waals surface area contributed by atoms with Gasteiger partial charge in [0.15, 0.2) is 6.29 Å². The number of ether oxygens (including phenoxy) is 2. The maximum atomic E-state index is 13.2. The third-order valence-electron chi connectivity index (χ3n) is 6.83. The SMILES string of the molecule is COC(CN(C(=O)CNC(=O)C1CCCCC1)C1CCN(Cc2ccccc2)CC1)OC. The Morgan fingerprint density at radius 3 is 2.31 bits per heavy atom. The third kappa shape index (κ3) is 7.29. The lowest BCUT2D eigenvalue weighted by atomic mass is 9.89. The van der Waals surface area contributed by atoms with Crippen LogP contribution in [0.5, 0.6) is 0 Å². The molecule has 1 aliphatic heterocycles. The number of nitrogens with one attached hydrogen (secondary N) is 1. The Labute approximate surface area is 192 Å². The average Bonchev–Trinajstić information content (AvgIpc) is 2.85. The zero-order valence-electron chi connectivity index (χ0n) is 19.6. The van der Waals surface area contributed by atoms with E-state index in [1.54, 1.807) is 14.2 Å². The number of methoxy groups -OCH3 is 2. The zero-order valence-corrected chi connectivity index (χ0v) is 19.6. The molecule has 2 aliphatic rings. The molecule has 1 aromatic carbocycles. The van der Waals surface area contributed by atoms with Crippen LogP contribution in [0.25, 0.3) is 0 Å². The fourth-order valence-electron chi connectivity index (χ4n) is 4.86. The molecular formula is C25H39N3O4. The third-order valence-corrected chi connectivity index (χ3v) is 6.83. The van der Waals surface area contributed by atoms with Gasteiger partial charge in [0.2, 0.25) is 11.8 Å². The van der Waals surface area contributed by atoms with Gasteiger partial charge in [0.25, 0.3) is 0 Å². The van der Waals surface area contributed by atoms with Crippen molar-refractivity contribution in [3.05, 3.63) is 35.9 Å². The lowest BCUT2D eigenvalue weighted by Gasteiger charge is -2.39. The monoisotopic (exact) mass is 445 g/mol. The number of hydrogen-bond donors (Lipinski definition) is 1. The highest BCUT2D eigenvalue weighted by atomic mass is 16.7. The number of piperidine rings is 1. The molecule has 0 spiro atoms. The van der Waals surface area contributed by atoms with Crippen molar-refractivity contribution >= 4 is 11.8 Å². The number of hydrogen-bond acceptors (Lipinski definition) is 5. The number of likely N-dealkylation sites (tertiary alicyclic amines) is 1. The Morgan fingerprint density at radius 1 is 1.03 bits per heavy atom. The predicted molar refractivity (Wildman–Crippen MR) is 124 cm³/mol. The van der Waals surface area contributed by atoms with E-state index in [0.717, 1.165) is 58.2 Å². The van der Waals surface area contributed by atoms with Crippen molar-refractivity contribution in [1.29, 1.82) is 0 Å². The Bertz CT molecular complexity index is 696. The van der Waals surface area contributed by atoms with E-state index in [1.807, 2.05) is 11.0 Å². The van der Waals surface area contributed by atoms with Crippen LogP contribution in [0.15, 0.2) is 30.3 Å². The maximum absolute atomic E-state index is 13.2. The largest absolute Gasteiger partial charge is 0.354 e. The van der Waals surface area contributed by atoms with Gasteiger partial charge in [0.1, 0.15) is 0 Å². The lowest BCUT2D eigenvalue weighted by molar-refractivity contribution is -0.151. The van der Waals surface area contributed by atoms with Crippen molar-refractivity contribution in [2.75, 3.05) is 40.4 Å². The molecule has 2 fully saturated rings. The van der Waals surface area contributed by atoms with Gasteiger partial charge >= 0.3 is 0 Å². The Kier molecular flexibility index (Phi) is 9.96.